The van der Waals surface area contributed by atoms with E-state index in [4.69, 9.17) is 4.74 Å². The molecule has 2 aromatic carbocycles. The number of hydrogen-bond donors (Lipinski definition) is 0. The van der Waals surface area contributed by atoms with Crippen molar-refractivity contribution in [1.29, 1.82) is 0 Å². The highest BCUT2D eigenvalue weighted by Gasteiger charge is 2.40. The van der Waals surface area contributed by atoms with Crippen LogP contribution in [0.4, 0.5) is 30.7 Å². The smallest absolute Gasteiger partial charge is 0.309 e. The zero-order valence-electron chi connectivity index (χ0n) is 18.2. The highest BCUT2D eigenvalue weighted by molar-refractivity contribution is 5.30. The van der Waals surface area contributed by atoms with Gasteiger partial charge in [-0.05, 0) is 74.6 Å². The van der Waals surface area contributed by atoms with Crippen molar-refractivity contribution in [2.24, 2.45) is 5.92 Å². The van der Waals surface area contributed by atoms with Crippen LogP contribution in [0.15, 0.2) is 48.6 Å². The summed E-state index contributed by atoms with van der Waals surface area (Å²) in [4.78, 5) is 0. The Hall–Kier alpha value is -2.35. The van der Waals surface area contributed by atoms with E-state index in [0.717, 1.165) is 38.2 Å². The molecule has 0 aromatic heterocycles. The van der Waals surface area contributed by atoms with Crippen LogP contribution in [0.2, 0.25) is 0 Å². The zero-order valence-corrected chi connectivity index (χ0v) is 18.2. The first-order valence-electron chi connectivity index (χ1n) is 10.8. The lowest BCUT2D eigenvalue weighted by atomic mass is 9.78. The van der Waals surface area contributed by atoms with E-state index in [9.17, 15) is 30.7 Å². The average Bonchev–Trinajstić information content (AvgIpc) is 2.73. The van der Waals surface area contributed by atoms with Gasteiger partial charge in [-0.15, -0.1) is 0 Å². The fraction of sp³-hybridized carbons (Fsp3) is 0.440. The summed E-state index contributed by atoms with van der Waals surface area (Å²) in [5, 5.41) is 0. The Kier molecular flexibility index (Phi) is 7.56. The normalized spacial score (nSPS) is 20.9. The molecule has 0 saturated heterocycles. The van der Waals surface area contributed by atoms with Crippen molar-refractivity contribution >= 4 is 0 Å². The van der Waals surface area contributed by atoms with E-state index in [-0.39, 0.29) is 5.92 Å². The molecule has 1 aliphatic carbocycles. The topological polar surface area (TPSA) is 9.23 Å². The quantitative estimate of drug-likeness (QED) is 0.301. The van der Waals surface area contributed by atoms with E-state index in [0.29, 0.717) is 18.1 Å². The number of benzene rings is 2. The SMILES string of the molecule is C/C=C/C1CCC(c2ccc(C(F)(F)OC(C)c3cc(F)c(C(F)(F)F)c(F)c3)cc2)CC1. The Balaban J connectivity index is 1.70. The summed E-state index contributed by atoms with van der Waals surface area (Å²) in [5.41, 5.74) is -2.03. The maximum Gasteiger partial charge on any atom is 0.422 e. The second-order valence-electron chi connectivity index (χ2n) is 8.39. The Morgan fingerprint density at radius 3 is 1.94 bits per heavy atom. The zero-order chi connectivity index (χ0) is 24.4. The van der Waals surface area contributed by atoms with Gasteiger partial charge in [0.25, 0.3) is 0 Å². The molecule has 0 bridgehead atoms. The second kappa shape index (κ2) is 9.87. The van der Waals surface area contributed by atoms with Crippen LogP contribution >= 0.6 is 0 Å². The van der Waals surface area contributed by atoms with Crippen LogP contribution in [0.25, 0.3) is 0 Å². The van der Waals surface area contributed by atoms with Crippen molar-refractivity contribution < 1.29 is 35.5 Å². The van der Waals surface area contributed by atoms with Crippen LogP contribution < -0.4 is 0 Å². The fourth-order valence-electron chi connectivity index (χ4n) is 4.32. The Bertz CT molecular complexity index is 948. The minimum Gasteiger partial charge on any atom is -0.309 e. The number of ether oxygens (including phenoxy) is 1. The van der Waals surface area contributed by atoms with Crippen molar-refractivity contribution in [2.45, 2.75) is 63.8 Å². The summed E-state index contributed by atoms with van der Waals surface area (Å²) < 4.78 is 99.8. The van der Waals surface area contributed by atoms with Crippen LogP contribution in [0.3, 0.4) is 0 Å². The molecule has 2 aromatic rings. The van der Waals surface area contributed by atoms with Crippen molar-refractivity contribution in [3.8, 4) is 0 Å². The molecule has 0 N–H and O–H groups in total. The molecule has 1 saturated carbocycles. The molecule has 1 fully saturated rings. The first kappa shape index (κ1) is 25.3. The molecule has 0 aliphatic heterocycles. The predicted octanol–water partition coefficient (Wildman–Crippen LogP) is 8.66. The average molecular weight is 474 g/mol. The van der Waals surface area contributed by atoms with Gasteiger partial charge in [0.1, 0.15) is 17.2 Å². The van der Waals surface area contributed by atoms with Crippen LogP contribution in [0.1, 0.15) is 73.8 Å². The minimum absolute atomic E-state index is 0.284. The Labute approximate surface area is 188 Å². The number of halogens is 7. The number of rotatable bonds is 6. The molecule has 1 nitrogen and oxygen atoms in total. The second-order valence-corrected chi connectivity index (χ2v) is 8.39. The summed E-state index contributed by atoms with van der Waals surface area (Å²) in [6.07, 6.45) is -2.39. The third-order valence-corrected chi connectivity index (χ3v) is 6.10. The molecular formula is C25H25F7O. The minimum atomic E-state index is -5.24. The lowest BCUT2D eigenvalue weighted by Gasteiger charge is -2.27. The Morgan fingerprint density at radius 2 is 1.45 bits per heavy atom. The molecule has 180 valence electrons. The molecule has 0 spiro atoms. The number of hydrogen-bond acceptors (Lipinski definition) is 1. The third kappa shape index (κ3) is 5.96. The van der Waals surface area contributed by atoms with E-state index in [1.165, 1.54) is 12.1 Å². The highest BCUT2D eigenvalue weighted by atomic mass is 19.4. The maximum atomic E-state index is 14.7. The molecule has 0 heterocycles. The fourth-order valence-corrected chi connectivity index (χ4v) is 4.32. The van der Waals surface area contributed by atoms with Gasteiger partial charge in [-0.1, -0.05) is 36.4 Å². The molecule has 3 rings (SSSR count). The van der Waals surface area contributed by atoms with Crippen molar-refractivity contribution in [3.05, 3.63) is 82.4 Å². The van der Waals surface area contributed by atoms with Gasteiger partial charge in [0.15, 0.2) is 0 Å². The van der Waals surface area contributed by atoms with Gasteiger partial charge >= 0.3 is 12.3 Å². The first-order chi connectivity index (χ1) is 15.4. The molecule has 1 atom stereocenters. The third-order valence-electron chi connectivity index (χ3n) is 6.10. The summed E-state index contributed by atoms with van der Waals surface area (Å²) in [6.45, 7) is 3.07. The summed E-state index contributed by atoms with van der Waals surface area (Å²) in [5.74, 6) is -2.94. The van der Waals surface area contributed by atoms with Gasteiger partial charge in [-0.25, -0.2) is 8.78 Å². The summed E-state index contributed by atoms with van der Waals surface area (Å²) in [7, 11) is 0. The molecule has 1 aliphatic rings. The molecule has 1 unspecified atom stereocenters. The molecule has 33 heavy (non-hydrogen) atoms. The number of allylic oxidation sites excluding steroid dienone is 2. The predicted molar refractivity (Wildman–Crippen MR) is 111 cm³/mol. The molecule has 0 radical (unpaired) electrons. The largest absolute Gasteiger partial charge is 0.422 e. The first-order valence-corrected chi connectivity index (χ1v) is 10.8. The van der Waals surface area contributed by atoms with Gasteiger partial charge in [-0.3, -0.25) is 0 Å². The van der Waals surface area contributed by atoms with E-state index in [1.54, 1.807) is 12.1 Å². The van der Waals surface area contributed by atoms with Crippen LogP contribution in [0, 0.1) is 17.6 Å². The standard InChI is InChI=1S/C25H25F7O/c1-3-4-16-5-7-17(8-6-16)18-9-11-20(12-10-18)25(31,32)33-15(2)19-13-21(26)23(22(27)14-19)24(28,29)30/h3-4,9-17H,5-8H2,1-2H3/b4-3+. The highest BCUT2D eigenvalue weighted by Crippen LogP contribution is 2.40. The summed E-state index contributed by atoms with van der Waals surface area (Å²) in [6, 6.07) is 6.45. The van der Waals surface area contributed by atoms with Crippen LogP contribution in [-0.4, -0.2) is 0 Å². The van der Waals surface area contributed by atoms with E-state index in [1.807, 2.05) is 13.0 Å². The van der Waals surface area contributed by atoms with E-state index in [2.05, 4.69) is 6.08 Å². The van der Waals surface area contributed by atoms with Crippen molar-refractivity contribution in [1.82, 2.24) is 0 Å². The molecular weight excluding hydrogens is 449 g/mol. The Morgan fingerprint density at radius 1 is 0.909 bits per heavy atom. The van der Waals surface area contributed by atoms with Gasteiger partial charge in [0.2, 0.25) is 0 Å². The van der Waals surface area contributed by atoms with Crippen molar-refractivity contribution in [3.63, 3.8) is 0 Å². The van der Waals surface area contributed by atoms with Gasteiger partial charge in [0.05, 0.1) is 11.7 Å². The van der Waals surface area contributed by atoms with Gasteiger partial charge < -0.3 is 4.74 Å². The lowest BCUT2D eigenvalue weighted by molar-refractivity contribution is -0.272. The molecule has 8 heteroatoms. The van der Waals surface area contributed by atoms with Crippen LogP contribution in [-0.2, 0) is 17.0 Å². The van der Waals surface area contributed by atoms with Gasteiger partial charge in [-0.2, -0.15) is 22.0 Å². The van der Waals surface area contributed by atoms with E-state index < -0.39 is 46.7 Å². The lowest BCUT2D eigenvalue weighted by Crippen LogP contribution is -2.21. The van der Waals surface area contributed by atoms with Crippen LogP contribution in [0.5, 0.6) is 0 Å². The van der Waals surface area contributed by atoms with Crippen molar-refractivity contribution in [2.75, 3.05) is 0 Å². The maximum absolute atomic E-state index is 14.7. The van der Waals surface area contributed by atoms with E-state index >= 15 is 0 Å². The summed E-state index contributed by atoms with van der Waals surface area (Å²) >= 11 is 0. The monoisotopic (exact) mass is 474 g/mol. The van der Waals surface area contributed by atoms with Gasteiger partial charge in [0, 0.05) is 0 Å². The molecule has 0 amide bonds. The number of alkyl halides is 5.